The first kappa shape index (κ1) is 12.5. The molecule has 0 aliphatic carbocycles. The molecule has 94 valence electrons. The van der Waals surface area contributed by atoms with E-state index in [-0.39, 0.29) is 6.23 Å². The molecule has 0 bridgehead atoms. The highest BCUT2D eigenvalue weighted by Crippen LogP contribution is 2.13. The summed E-state index contributed by atoms with van der Waals surface area (Å²) in [4.78, 5) is 4.11. The van der Waals surface area contributed by atoms with Gasteiger partial charge in [-0.3, -0.25) is 0 Å². The van der Waals surface area contributed by atoms with E-state index in [1.165, 1.54) is 6.33 Å². The fraction of sp³-hybridized carbons (Fsp3) is 0.286. The van der Waals surface area contributed by atoms with Crippen LogP contribution in [0.25, 0.3) is 6.08 Å². The standard InChI is InChI=1S/C14H17N3O/c1-3-18-14(17-12(2)15-11-16-17)10-9-13-7-5-4-6-8-13/h4-11,14H,3H2,1-2H3. The lowest BCUT2D eigenvalue weighted by atomic mass is 10.2. The summed E-state index contributed by atoms with van der Waals surface area (Å²) >= 11 is 0. The lowest BCUT2D eigenvalue weighted by Gasteiger charge is -2.14. The van der Waals surface area contributed by atoms with Crippen LogP contribution >= 0.6 is 0 Å². The lowest BCUT2D eigenvalue weighted by Crippen LogP contribution is -2.13. The molecule has 4 heteroatoms. The van der Waals surface area contributed by atoms with Crippen LogP contribution in [0.5, 0.6) is 0 Å². The van der Waals surface area contributed by atoms with Crippen molar-refractivity contribution in [2.24, 2.45) is 0 Å². The number of nitrogens with zero attached hydrogens (tertiary/aromatic N) is 3. The average molecular weight is 243 g/mol. The number of aromatic nitrogens is 3. The summed E-state index contributed by atoms with van der Waals surface area (Å²) in [7, 11) is 0. The Labute approximate surface area is 107 Å². The molecule has 0 fully saturated rings. The predicted molar refractivity (Wildman–Crippen MR) is 70.9 cm³/mol. The van der Waals surface area contributed by atoms with Crippen molar-refractivity contribution < 1.29 is 4.74 Å². The monoisotopic (exact) mass is 243 g/mol. The first-order valence-electron chi connectivity index (χ1n) is 6.02. The third-order valence-corrected chi connectivity index (χ3v) is 2.58. The van der Waals surface area contributed by atoms with Crippen LogP contribution in [0, 0.1) is 6.92 Å². The van der Waals surface area contributed by atoms with E-state index in [0.717, 1.165) is 11.4 Å². The molecule has 18 heavy (non-hydrogen) atoms. The largest absolute Gasteiger partial charge is 0.353 e. The van der Waals surface area contributed by atoms with Gasteiger partial charge >= 0.3 is 0 Å². The number of ether oxygens (including phenoxy) is 1. The van der Waals surface area contributed by atoms with E-state index in [4.69, 9.17) is 4.74 Å². The molecule has 4 nitrogen and oxygen atoms in total. The Morgan fingerprint density at radius 1 is 1.33 bits per heavy atom. The van der Waals surface area contributed by atoms with Gasteiger partial charge in [0.15, 0.2) is 6.23 Å². The van der Waals surface area contributed by atoms with Gasteiger partial charge in [0, 0.05) is 6.61 Å². The molecule has 0 saturated carbocycles. The zero-order chi connectivity index (χ0) is 12.8. The molecular formula is C14H17N3O. The predicted octanol–water partition coefficient (Wildman–Crippen LogP) is 2.84. The summed E-state index contributed by atoms with van der Waals surface area (Å²) in [6.07, 6.45) is 5.34. The molecule has 0 spiro atoms. The van der Waals surface area contributed by atoms with Crippen LogP contribution in [0.15, 0.2) is 42.7 Å². The zero-order valence-corrected chi connectivity index (χ0v) is 10.7. The Bertz CT molecular complexity index is 505. The van der Waals surface area contributed by atoms with Crippen molar-refractivity contribution in [3.63, 3.8) is 0 Å². The maximum atomic E-state index is 5.66. The van der Waals surface area contributed by atoms with Crippen LogP contribution in [-0.4, -0.2) is 21.4 Å². The van der Waals surface area contributed by atoms with Crippen LogP contribution in [-0.2, 0) is 4.74 Å². The molecular weight excluding hydrogens is 226 g/mol. The van der Waals surface area contributed by atoms with Gasteiger partial charge in [-0.2, -0.15) is 5.10 Å². The van der Waals surface area contributed by atoms with Gasteiger partial charge in [0.2, 0.25) is 0 Å². The van der Waals surface area contributed by atoms with Crippen molar-refractivity contribution in [2.45, 2.75) is 20.1 Å². The topological polar surface area (TPSA) is 39.9 Å². The van der Waals surface area contributed by atoms with Gasteiger partial charge in [-0.25, -0.2) is 9.67 Å². The van der Waals surface area contributed by atoms with Gasteiger partial charge in [-0.15, -0.1) is 0 Å². The van der Waals surface area contributed by atoms with Crippen molar-refractivity contribution in [1.82, 2.24) is 14.8 Å². The van der Waals surface area contributed by atoms with Gasteiger partial charge in [0.05, 0.1) is 0 Å². The molecule has 1 heterocycles. The Balaban J connectivity index is 2.17. The van der Waals surface area contributed by atoms with Crippen molar-refractivity contribution in [3.05, 3.63) is 54.1 Å². The van der Waals surface area contributed by atoms with Gasteiger partial charge < -0.3 is 4.74 Å². The summed E-state index contributed by atoms with van der Waals surface area (Å²) in [5.41, 5.74) is 1.14. The van der Waals surface area contributed by atoms with Gasteiger partial charge in [0.25, 0.3) is 0 Å². The van der Waals surface area contributed by atoms with E-state index in [0.29, 0.717) is 6.61 Å². The maximum absolute atomic E-state index is 5.66. The highest BCUT2D eigenvalue weighted by molar-refractivity contribution is 5.48. The number of aryl methyl sites for hydroxylation is 1. The highest BCUT2D eigenvalue weighted by Gasteiger charge is 2.10. The Morgan fingerprint density at radius 3 is 2.72 bits per heavy atom. The van der Waals surface area contributed by atoms with Crippen molar-refractivity contribution in [1.29, 1.82) is 0 Å². The smallest absolute Gasteiger partial charge is 0.171 e. The minimum atomic E-state index is -0.210. The number of hydrogen-bond acceptors (Lipinski definition) is 3. The quantitative estimate of drug-likeness (QED) is 0.810. The van der Waals surface area contributed by atoms with Crippen molar-refractivity contribution in [2.75, 3.05) is 6.61 Å². The third-order valence-electron chi connectivity index (χ3n) is 2.58. The molecule has 0 radical (unpaired) electrons. The average Bonchev–Trinajstić information content (AvgIpc) is 2.82. The van der Waals surface area contributed by atoms with Crippen LogP contribution in [0.2, 0.25) is 0 Å². The van der Waals surface area contributed by atoms with Crippen LogP contribution in [0.1, 0.15) is 24.5 Å². The summed E-state index contributed by atoms with van der Waals surface area (Å²) in [6.45, 7) is 4.51. The van der Waals surface area contributed by atoms with E-state index in [1.54, 1.807) is 4.68 Å². The van der Waals surface area contributed by atoms with Crippen LogP contribution in [0.3, 0.4) is 0 Å². The van der Waals surface area contributed by atoms with E-state index < -0.39 is 0 Å². The normalized spacial score (nSPS) is 13.0. The van der Waals surface area contributed by atoms with Gasteiger partial charge in [-0.1, -0.05) is 36.4 Å². The first-order valence-corrected chi connectivity index (χ1v) is 6.02. The minimum Gasteiger partial charge on any atom is -0.353 e. The SMILES string of the molecule is CCOC(C=Cc1ccccc1)n1ncnc1C. The molecule has 1 unspecified atom stereocenters. The fourth-order valence-corrected chi connectivity index (χ4v) is 1.69. The van der Waals surface area contributed by atoms with E-state index in [2.05, 4.69) is 10.1 Å². The van der Waals surface area contributed by atoms with Crippen LogP contribution < -0.4 is 0 Å². The third kappa shape index (κ3) is 3.05. The van der Waals surface area contributed by atoms with Crippen molar-refractivity contribution in [3.8, 4) is 0 Å². The number of benzene rings is 1. The summed E-state index contributed by atoms with van der Waals surface area (Å²) < 4.78 is 7.43. The first-order chi connectivity index (χ1) is 8.81. The molecule has 1 aromatic heterocycles. The molecule has 2 aromatic rings. The van der Waals surface area contributed by atoms with E-state index in [1.807, 2.05) is 56.3 Å². The molecule has 0 saturated heterocycles. The lowest BCUT2D eigenvalue weighted by molar-refractivity contribution is 0.0368. The number of hydrogen-bond donors (Lipinski definition) is 0. The molecule has 1 atom stereocenters. The summed E-state index contributed by atoms with van der Waals surface area (Å²) in [6, 6.07) is 10.1. The molecule has 2 rings (SSSR count). The fourth-order valence-electron chi connectivity index (χ4n) is 1.69. The Morgan fingerprint density at radius 2 is 2.11 bits per heavy atom. The van der Waals surface area contributed by atoms with Gasteiger partial charge in [-0.05, 0) is 25.5 Å². The Hall–Kier alpha value is -1.94. The maximum Gasteiger partial charge on any atom is 0.171 e. The summed E-state index contributed by atoms with van der Waals surface area (Å²) in [5, 5.41) is 4.18. The molecule has 0 amide bonds. The second-order valence-electron chi connectivity index (χ2n) is 3.87. The molecule has 1 aromatic carbocycles. The van der Waals surface area contributed by atoms with E-state index >= 15 is 0 Å². The van der Waals surface area contributed by atoms with E-state index in [9.17, 15) is 0 Å². The van der Waals surface area contributed by atoms with Gasteiger partial charge in [0.1, 0.15) is 12.2 Å². The molecule has 0 aliphatic rings. The summed E-state index contributed by atoms with van der Waals surface area (Å²) in [5.74, 6) is 0.839. The minimum absolute atomic E-state index is 0.210. The van der Waals surface area contributed by atoms with Crippen LogP contribution in [0.4, 0.5) is 0 Å². The Kier molecular flexibility index (Phi) is 4.25. The number of rotatable bonds is 5. The molecule has 0 aliphatic heterocycles. The highest BCUT2D eigenvalue weighted by atomic mass is 16.5. The second kappa shape index (κ2) is 6.12. The molecule has 0 N–H and O–H groups in total. The van der Waals surface area contributed by atoms with Crippen molar-refractivity contribution >= 4 is 6.08 Å². The zero-order valence-electron chi connectivity index (χ0n) is 10.7. The second-order valence-corrected chi connectivity index (χ2v) is 3.87.